The number of carbonyl (C=O) groups is 2. The van der Waals surface area contributed by atoms with E-state index < -0.39 is 0 Å². The first-order valence-electron chi connectivity index (χ1n) is 8.28. The van der Waals surface area contributed by atoms with Gasteiger partial charge in [-0.1, -0.05) is 19.3 Å². The molecule has 0 spiro atoms. The molecule has 0 bridgehead atoms. The Morgan fingerprint density at radius 3 is 2.09 bits per heavy atom. The molecule has 0 aromatic carbocycles. The van der Waals surface area contributed by atoms with Crippen LogP contribution in [0.15, 0.2) is 0 Å². The molecule has 2 aliphatic rings. The molecule has 1 saturated heterocycles. The third kappa shape index (κ3) is 11.1. The number of rotatable bonds is 9. The van der Waals surface area contributed by atoms with Gasteiger partial charge in [-0.2, -0.15) is 0 Å². The van der Waals surface area contributed by atoms with E-state index in [0.29, 0.717) is 32.3 Å². The molecule has 1 heterocycles. The maximum absolute atomic E-state index is 9.78. The monoisotopic (exact) mass is 332 g/mol. The Morgan fingerprint density at radius 1 is 0.783 bits per heavy atom. The summed E-state index contributed by atoms with van der Waals surface area (Å²) in [5, 5.41) is 0. The number of ether oxygens (including phenoxy) is 5. The second-order valence-corrected chi connectivity index (χ2v) is 5.46. The molecule has 134 valence electrons. The van der Waals surface area contributed by atoms with Crippen LogP contribution < -0.4 is 0 Å². The van der Waals surface area contributed by atoms with Gasteiger partial charge in [-0.15, -0.1) is 0 Å². The number of hydrogen-bond donors (Lipinski definition) is 0. The average molecular weight is 332 g/mol. The summed E-state index contributed by atoms with van der Waals surface area (Å²) in [7, 11) is 0. The van der Waals surface area contributed by atoms with Crippen LogP contribution in [0.3, 0.4) is 0 Å². The molecule has 0 N–H and O–H groups in total. The van der Waals surface area contributed by atoms with E-state index in [1.165, 1.54) is 32.1 Å². The first kappa shape index (κ1) is 19.9. The van der Waals surface area contributed by atoms with Gasteiger partial charge in [0.2, 0.25) is 0 Å². The average Bonchev–Trinajstić information content (AvgIpc) is 2.61. The standard InChI is InChI=1S/C9H16O3.C7H12O4/c10-8-11-6-7-12-9-4-2-1-3-5-9;8-5-10-6-11-7-1-3-9-4-2-7/h8-9H,1-7H2;5,7H,1-4,6H2. The highest BCUT2D eigenvalue weighted by Gasteiger charge is 2.14. The van der Waals surface area contributed by atoms with E-state index in [9.17, 15) is 9.59 Å². The molecule has 0 aromatic rings. The Morgan fingerprint density at radius 2 is 1.43 bits per heavy atom. The summed E-state index contributed by atoms with van der Waals surface area (Å²) in [6, 6.07) is 0. The molecule has 7 heteroatoms. The third-order valence-corrected chi connectivity index (χ3v) is 3.78. The molecule has 0 radical (unpaired) electrons. The van der Waals surface area contributed by atoms with E-state index in [1.54, 1.807) is 0 Å². The molecule has 0 amide bonds. The first-order chi connectivity index (χ1) is 11.4. The molecule has 1 aliphatic heterocycles. The second kappa shape index (κ2) is 14.4. The highest BCUT2D eigenvalue weighted by atomic mass is 16.7. The fourth-order valence-electron chi connectivity index (χ4n) is 2.55. The van der Waals surface area contributed by atoms with Crippen LogP contribution in [0.5, 0.6) is 0 Å². The minimum absolute atomic E-state index is 0.0637. The Kier molecular flexibility index (Phi) is 12.5. The lowest BCUT2D eigenvalue weighted by Gasteiger charge is -2.21. The van der Waals surface area contributed by atoms with Crippen molar-refractivity contribution in [1.29, 1.82) is 0 Å². The largest absolute Gasteiger partial charge is 0.465 e. The first-order valence-corrected chi connectivity index (χ1v) is 8.28. The van der Waals surface area contributed by atoms with Crippen molar-refractivity contribution in [3.8, 4) is 0 Å². The SMILES string of the molecule is O=COCCOC1CCCCC1.O=COCOC1CCOCC1. The van der Waals surface area contributed by atoms with Crippen LogP contribution in [0.25, 0.3) is 0 Å². The Labute approximate surface area is 137 Å². The van der Waals surface area contributed by atoms with E-state index in [2.05, 4.69) is 9.47 Å². The van der Waals surface area contributed by atoms with Crippen molar-refractivity contribution in [3.63, 3.8) is 0 Å². The lowest BCUT2D eigenvalue weighted by molar-refractivity contribution is -0.150. The molecular formula is C16H28O7. The molecule has 1 aliphatic carbocycles. The molecule has 7 nitrogen and oxygen atoms in total. The van der Waals surface area contributed by atoms with Crippen molar-refractivity contribution < 1.29 is 33.3 Å². The molecule has 0 atom stereocenters. The highest BCUT2D eigenvalue weighted by Crippen LogP contribution is 2.19. The topological polar surface area (TPSA) is 80.3 Å². The van der Waals surface area contributed by atoms with Gasteiger partial charge in [0.05, 0.1) is 18.8 Å². The Bertz CT molecular complexity index is 286. The van der Waals surface area contributed by atoms with Gasteiger partial charge >= 0.3 is 0 Å². The fraction of sp³-hybridized carbons (Fsp3) is 0.875. The Balaban J connectivity index is 0.000000231. The van der Waals surface area contributed by atoms with E-state index in [-0.39, 0.29) is 12.9 Å². The predicted molar refractivity (Wildman–Crippen MR) is 81.8 cm³/mol. The van der Waals surface area contributed by atoms with Crippen LogP contribution in [0, 0.1) is 0 Å². The van der Waals surface area contributed by atoms with E-state index in [4.69, 9.17) is 14.2 Å². The third-order valence-electron chi connectivity index (χ3n) is 3.78. The van der Waals surface area contributed by atoms with Gasteiger partial charge in [0, 0.05) is 13.2 Å². The van der Waals surface area contributed by atoms with Gasteiger partial charge in [-0.05, 0) is 25.7 Å². The van der Waals surface area contributed by atoms with E-state index in [1.807, 2.05) is 0 Å². The molecule has 1 saturated carbocycles. The van der Waals surface area contributed by atoms with Crippen LogP contribution >= 0.6 is 0 Å². The molecule has 2 fully saturated rings. The Hall–Kier alpha value is -1.18. The van der Waals surface area contributed by atoms with Crippen LogP contribution in [0.4, 0.5) is 0 Å². The van der Waals surface area contributed by atoms with E-state index in [0.717, 1.165) is 26.1 Å². The van der Waals surface area contributed by atoms with Crippen molar-refractivity contribution in [2.75, 3.05) is 33.2 Å². The molecule has 0 aromatic heterocycles. The summed E-state index contributed by atoms with van der Waals surface area (Å²) >= 11 is 0. The summed E-state index contributed by atoms with van der Waals surface area (Å²) in [6.07, 6.45) is 8.62. The van der Waals surface area contributed by atoms with Crippen molar-refractivity contribution >= 4 is 12.9 Å². The van der Waals surface area contributed by atoms with Gasteiger partial charge in [0.15, 0.2) is 6.79 Å². The lowest BCUT2D eigenvalue weighted by Crippen LogP contribution is -2.24. The maximum Gasteiger partial charge on any atom is 0.295 e. The van der Waals surface area contributed by atoms with Crippen LogP contribution in [0.2, 0.25) is 0 Å². The summed E-state index contributed by atoms with van der Waals surface area (Å²) < 4.78 is 24.7. The summed E-state index contributed by atoms with van der Waals surface area (Å²) in [6.45, 7) is 3.33. The minimum atomic E-state index is 0.0637. The molecule has 2 rings (SSSR count). The predicted octanol–water partition coefficient (Wildman–Crippen LogP) is 1.82. The van der Waals surface area contributed by atoms with Crippen LogP contribution in [-0.2, 0) is 33.3 Å². The lowest BCUT2D eigenvalue weighted by atomic mass is 9.98. The van der Waals surface area contributed by atoms with Crippen molar-refractivity contribution in [3.05, 3.63) is 0 Å². The van der Waals surface area contributed by atoms with Crippen molar-refractivity contribution in [1.82, 2.24) is 0 Å². The van der Waals surface area contributed by atoms with Crippen LogP contribution in [-0.4, -0.2) is 58.4 Å². The quantitative estimate of drug-likeness (QED) is 0.362. The second-order valence-electron chi connectivity index (χ2n) is 5.46. The fourth-order valence-corrected chi connectivity index (χ4v) is 2.55. The van der Waals surface area contributed by atoms with Gasteiger partial charge in [0.1, 0.15) is 6.61 Å². The zero-order valence-corrected chi connectivity index (χ0v) is 13.7. The van der Waals surface area contributed by atoms with Crippen LogP contribution in [0.1, 0.15) is 44.9 Å². The highest BCUT2D eigenvalue weighted by molar-refractivity contribution is 5.36. The smallest absolute Gasteiger partial charge is 0.295 e. The summed E-state index contributed by atoms with van der Waals surface area (Å²) in [4.78, 5) is 19.5. The molecule has 23 heavy (non-hydrogen) atoms. The normalized spacial score (nSPS) is 19.3. The maximum atomic E-state index is 9.78. The summed E-state index contributed by atoms with van der Waals surface area (Å²) in [5.74, 6) is 0. The minimum Gasteiger partial charge on any atom is -0.465 e. The van der Waals surface area contributed by atoms with Crippen molar-refractivity contribution in [2.24, 2.45) is 0 Å². The van der Waals surface area contributed by atoms with Gasteiger partial charge in [0.25, 0.3) is 12.9 Å². The number of carbonyl (C=O) groups excluding carboxylic acids is 2. The molecular weight excluding hydrogens is 304 g/mol. The van der Waals surface area contributed by atoms with E-state index >= 15 is 0 Å². The van der Waals surface area contributed by atoms with Gasteiger partial charge < -0.3 is 23.7 Å². The summed E-state index contributed by atoms with van der Waals surface area (Å²) in [5.41, 5.74) is 0. The number of hydrogen-bond acceptors (Lipinski definition) is 7. The zero-order chi connectivity index (χ0) is 16.6. The van der Waals surface area contributed by atoms with Crippen molar-refractivity contribution in [2.45, 2.75) is 57.2 Å². The van der Waals surface area contributed by atoms with Gasteiger partial charge in [-0.3, -0.25) is 9.59 Å². The zero-order valence-electron chi connectivity index (χ0n) is 13.7. The molecule has 0 unspecified atom stereocenters. The van der Waals surface area contributed by atoms with Gasteiger partial charge in [-0.25, -0.2) is 0 Å².